The number of aliphatic hydroxyl groups excluding tert-OH is 1. The maximum atomic E-state index is 13.9. The first-order chi connectivity index (χ1) is 16.8. The number of nitrogens with zero attached hydrogens (tertiary/aromatic N) is 1. The summed E-state index contributed by atoms with van der Waals surface area (Å²) in [5, 5.41) is 16.3. The van der Waals surface area contributed by atoms with Crippen LogP contribution in [0.15, 0.2) is 30.3 Å². The normalized spacial score (nSPS) is 30.3. The number of hydrogen-bond acceptors (Lipinski definition) is 5. The van der Waals surface area contributed by atoms with E-state index in [0.717, 1.165) is 18.4 Å². The van der Waals surface area contributed by atoms with Crippen LogP contribution in [0.25, 0.3) is 0 Å². The summed E-state index contributed by atoms with van der Waals surface area (Å²) < 4.78 is -0.651. The standard InChI is InChI=1S/C28H41N3O4S/c1-17(15-32)31-22(24(34)30-27(5,6)16-26(2,3)4)28-13-12-19(36-28)20(21(28)25(31)35)23(33)29-14-18-10-8-7-9-11-18/h7-11,17,19-22,32H,12-16H2,1-6H3,(H,29,33)(H,30,34)/t17-,19-,20+,21+,22?,28?/m1/s1. The van der Waals surface area contributed by atoms with Gasteiger partial charge in [0.05, 0.1) is 29.2 Å². The zero-order chi connectivity index (χ0) is 26.5. The molecule has 0 saturated carbocycles. The quantitative estimate of drug-likeness (QED) is 0.494. The Morgan fingerprint density at radius 1 is 1.17 bits per heavy atom. The van der Waals surface area contributed by atoms with Crippen LogP contribution in [0.2, 0.25) is 0 Å². The molecule has 3 heterocycles. The Morgan fingerprint density at radius 2 is 1.83 bits per heavy atom. The van der Waals surface area contributed by atoms with E-state index in [1.165, 1.54) is 0 Å². The lowest BCUT2D eigenvalue weighted by molar-refractivity contribution is -0.142. The van der Waals surface area contributed by atoms with Crippen LogP contribution in [0.5, 0.6) is 0 Å². The topological polar surface area (TPSA) is 98.7 Å². The average molecular weight is 516 g/mol. The van der Waals surface area contributed by atoms with E-state index in [1.54, 1.807) is 23.6 Å². The molecule has 0 aromatic heterocycles. The number of rotatable bonds is 8. The van der Waals surface area contributed by atoms with Gasteiger partial charge in [0.1, 0.15) is 6.04 Å². The number of likely N-dealkylation sites (tertiary alicyclic amines) is 1. The first-order valence-corrected chi connectivity index (χ1v) is 13.9. The number of benzene rings is 1. The van der Waals surface area contributed by atoms with Crippen molar-refractivity contribution in [2.75, 3.05) is 6.61 Å². The van der Waals surface area contributed by atoms with Crippen molar-refractivity contribution in [2.45, 2.75) is 95.0 Å². The van der Waals surface area contributed by atoms with E-state index in [4.69, 9.17) is 0 Å². The van der Waals surface area contributed by atoms with Crippen molar-refractivity contribution in [3.63, 3.8) is 0 Å². The molecule has 7 nitrogen and oxygen atoms in total. The van der Waals surface area contributed by atoms with E-state index >= 15 is 0 Å². The molecule has 3 amide bonds. The van der Waals surface area contributed by atoms with Crippen molar-refractivity contribution in [1.82, 2.24) is 15.5 Å². The minimum absolute atomic E-state index is 0.0131. The van der Waals surface area contributed by atoms with E-state index in [1.807, 2.05) is 44.2 Å². The second-order valence-electron chi connectivity index (χ2n) is 12.6. The predicted molar refractivity (Wildman–Crippen MR) is 142 cm³/mol. The predicted octanol–water partition coefficient (Wildman–Crippen LogP) is 3.11. The van der Waals surface area contributed by atoms with Crippen molar-refractivity contribution >= 4 is 29.5 Å². The van der Waals surface area contributed by atoms with Crippen LogP contribution in [-0.2, 0) is 20.9 Å². The second kappa shape index (κ2) is 9.67. The molecule has 36 heavy (non-hydrogen) atoms. The number of carbonyl (C=O) groups is 3. The molecule has 2 bridgehead atoms. The summed E-state index contributed by atoms with van der Waals surface area (Å²) >= 11 is 1.65. The molecule has 2 unspecified atom stereocenters. The van der Waals surface area contributed by atoms with Gasteiger partial charge in [0.2, 0.25) is 17.7 Å². The van der Waals surface area contributed by atoms with Gasteiger partial charge in [-0.25, -0.2) is 0 Å². The van der Waals surface area contributed by atoms with Crippen LogP contribution in [0, 0.1) is 17.3 Å². The summed E-state index contributed by atoms with van der Waals surface area (Å²) in [5.41, 5.74) is 0.557. The monoisotopic (exact) mass is 515 g/mol. The summed E-state index contributed by atoms with van der Waals surface area (Å²) in [6.45, 7) is 12.4. The number of aliphatic hydroxyl groups is 1. The van der Waals surface area contributed by atoms with E-state index in [0.29, 0.717) is 13.0 Å². The largest absolute Gasteiger partial charge is 0.394 e. The zero-order valence-electron chi connectivity index (χ0n) is 22.3. The molecule has 0 radical (unpaired) electrons. The molecular formula is C28H41N3O4S. The van der Waals surface area contributed by atoms with Crippen molar-refractivity contribution in [1.29, 1.82) is 0 Å². The number of amides is 3. The maximum Gasteiger partial charge on any atom is 0.244 e. The highest BCUT2D eigenvalue weighted by Gasteiger charge is 2.74. The molecule has 3 aliphatic heterocycles. The third-order valence-electron chi connectivity index (χ3n) is 7.77. The molecule has 3 N–H and O–H groups in total. The molecular weight excluding hydrogens is 474 g/mol. The Hall–Kier alpha value is -2.06. The Labute approximate surface area is 219 Å². The van der Waals surface area contributed by atoms with Gasteiger partial charge >= 0.3 is 0 Å². The van der Waals surface area contributed by atoms with Gasteiger partial charge in [-0.3, -0.25) is 14.4 Å². The van der Waals surface area contributed by atoms with Crippen molar-refractivity contribution in [3.05, 3.63) is 35.9 Å². The molecule has 3 fully saturated rings. The molecule has 1 aromatic rings. The third kappa shape index (κ3) is 4.91. The minimum atomic E-state index is -0.710. The van der Waals surface area contributed by atoms with Gasteiger partial charge in [0.15, 0.2) is 0 Å². The van der Waals surface area contributed by atoms with Gasteiger partial charge in [-0.1, -0.05) is 51.1 Å². The lowest BCUT2D eigenvalue weighted by Crippen LogP contribution is -2.59. The van der Waals surface area contributed by atoms with Gasteiger partial charge in [-0.05, 0) is 51.0 Å². The number of carbonyl (C=O) groups excluding carboxylic acids is 3. The number of thioether (sulfide) groups is 1. The van der Waals surface area contributed by atoms with Gasteiger partial charge in [0, 0.05) is 17.3 Å². The summed E-state index contributed by atoms with van der Waals surface area (Å²) in [4.78, 5) is 42.9. The summed E-state index contributed by atoms with van der Waals surface area (Å²) in [5.74, 6) is -1.53. The third-order valence-corrected chi connectivity index (χ3v) is 9.72. The molecule has 0 aliphatic carbocycles. The first kappa shape index (κ1) is 27.0. The van der Waals surface area contributed by atoms with Gasteiger partial charge in [-0.15, -0.1) is 11.8 Å². The smallest absolute Gasteiger partial charge is 0.244 e. The fraction of sp³-hybridized carbons (Fsp3) is 0.679. The number of nitrogens with one attached hydrogen (secondary N) is 2. The molecule has 6 atom stereocenters. The Balaban J connectivity index is 1.61. The van der Waals surface area contributed by atoms with E-state index in [-0.39, 0.29) is 35.0 Å². The Kier molecular flexibility index (Phi) is 7.25. The highest BCUT2D eigenvalue weighted by atomic mass is 32.2. The van der Waals surface area contributed by atoms with Crippen LogP contribution in [0.3, 0.4) is 0 Å². The molecule has 198 valence electrons. The summed E-state index contributed by atoms with van der Waals surface area (Å²) in [6, 6.07) is 8.50. The second-order valence-corrected chi connectivity index (χ2v) is 14.2. The van der Waals surface area contributed by atoms with Crippen LogP contribution in [0.1, 0.15) is 66.4 Å². The van der Waals surface area contributed by atoms with E-state index in [9.17, 15) is 19.5 Å². The SMILES string of the molecule is C[C@H](CO)N1C(=O)[C@@H]2[C@@H](C(=O)NCc3ccccc3)[C@H]3CCC2(S3)C1C(=O)NC(C)(C)CC(C)(C)C. The average Bonchev–Trinajstić information content (AvgIpc) is 3.43. The minimum Gasteiger partial charge on any atom is -0.394 e. The first-order valence-electron chi connectivity index (χ1n) is 13.0. The van der Waals surface area contributed by atoms with Gasteiger partial charge < -0.3 is 20.6 Å². The lowest BCUT2D eigenvalue weighted by Gasteiger charge is -2.40. The zero-order valence-corrected chi connectivity index (χ0v) is 23.2. The summed E-state index contributed by atoms with van der Waals surface area (Å²) in [6.07, 6.45) is 2.29. The van der Waals surface area contributed by atoms with Gasteiger partial charge in [-0.2, -0.15) is 0 Å². The van der Waals surface area contributed by atoms with E-state index in [2.05, 4.69) is 31.4 Å². The molecule has 1 aromatic carbocycles. The Morgan fingerprint density at radius 3 is 2.44 bits per heavy atom. The summed E-state index contributed by atoms with van der Waals surface area (Å²) in [7, 11) is 0. The fourth-order valence-electron chi connectivity index (χ4n) is 6.93. The lowest BCUT2D eigenvalue weighted by atomic mass is 9.70. The van der Waals surface area contributed by atoms with Crippen LogP contribution >= 0.6 is 11.8 Å². The maximum absolute atomic E-state index is 13.9. The van der Waals surface area contributed by atoms with Crippen molar-refractivity contribution in [2.24, 2.45) is 17.3 Å². The van der Waals surface area contributed by atoms with Crippen LogP contribution in [-0.4, -0.2) is 62.0 Å². The number of hydrogen-bond donors (Lipinski definition) is 3. The molecule has 3 aliphatic rings. The highest BCUT2D eigenvalue weighted by Crippen LogP contribution is 2.66. The molecule has 8 heteroatoms. The fourth-order valence-corrected chi connectivity index (χ4v) is 9.13. The number of fused-ring (bicyclic) bond motifs is 1. The molecule has 1 spiro atoms. The van der Waals surface area contributed by atoms with Crippen molar-refractivity contribution in [3.8, 4) is 0 Å². The highest BCUT2D eigenvalue weighted by molar-refractivity contribution is 8.02. The van der Waals surface area contributed by atoms with Gasteiger partial charge in [0.25, 0.3) is 0 Å². The van der Waals surface area contributed by atoms with E-state index < -0.39 is 34.2 Å². The Bertz CT molecular complexity index is 1010. The van der Waals surface area contributed by atoms with Crippen molar-refractivity contribution < 1.29 is 19.5 Å². The molecule has 4 rings (SSSR count). The van der Waals surface area contributed by atoms with Crippen LogP contribution in [0.4, 0.5) is 0 Å². The molecule has 3 saturated heterocycles. The van der Waals surface area contributed by atoms with Crippen LogP contribution < -0.4 is 10.6 Å².